The molecule has 2 heterocycles. The molecule has 0 amide bonds. The van der Waals surface area contributed by atoms with Crippen molar-refractivity contribution in [3.05, 3.63) is 11.7 Å². The number of rotatable bonds is 6. The molecule has 2 rings (SSSR count). The lowest BCUT2D eigenvalue weighted by Crippen LogP contribution is -2.39. The normalized spacial score (nSPS) is 22.6. The van der Waals surface area contributed by atoms with E-state index in [-0.39, 0.29) is 12.0 Å². The molecule has 1 aromatic rings. The number of nitrogens with two attached hydrogens (primary N) is 1. The molecule has 2 N–H and O–H groups in total. The fourth-order valence-electron chi connectivity index (χ4n) is 2.33. The molecule has 0 spiro atoms. The fourth-order valence-corrected chi connectivity index (χ4v) is 2.33. The Morgan fingerprint density at radius 1 is 1.53 bits per heavy atom. The molecule has 6 heteroatoms. The number of ether oxygens (including phenoxy) is 1. The second-order valence-electron chi connectivity index (χ2n) is 5.13. The Labute approximate surface area is 114 Å². The first kappa shape index (κ1) is 14.4. The minimum absolute atomic E-state index is 0.0668. The zero-order valence-electron chi connectivity index (χ0n) is 11.8. The zero-order chi connectivity index (χ0) is 13.7. The van der Waals surface area contributed by atoms with Crippen LogP contribution in [0.5, 0.6) is 0 Å². The molecule has 19 heavy (non-hydrogen) atoms. The molecule has 2 atom stereocenters. The summed E-state index contributed by atoms with van der Waals surface area (Å²) in [5, 5.41) is 4.06. The van der Waals surface area contributed by atoms with Gasteiger partial charge in [0.1, 0.15) is 6.10 Å². The predicted molar refractivity (Wildman–Crippen MR) is 71.8 cm³/mol. The van der Waals surface area contributed by atoms with E-state index in [1.807, 2.05) is 0 Å². The third-order valence-electron chi connectivity index (χ3n) is 3.46. The van der Waals surface area contributed by atoms with Crippen molar-refractivity contribution in [2.45, 2.75) is 38.7 Å². The summed E-state index contributed by atoms with van der Waals surface area (Å²) >= 11 is 0. The molecule has 0 radical (unpaired) electrons. The van der Waals surface area contributed by atoms with Crippen LogP contribution in [0.2, 0.25) is 0 Å². The van der Waals surface area contributed by atoms with Crippen LogP contribution in [-0.2, 0) is 4.74 Å². The van der Waals surface area contributed by atoms with Crippen LogP contribution in [0, 0.1) is 0 Å². The van der Waals surface area contributed by atoms with E-state index in [4.69, 9.17) is 15.0 Å². The van der Waals surface area contributed by atoms with E-state index >= 15 is 0 Å². The SMILES string of the molecule is CCCN1CCOC(c2noc(C(C)CCN)n2)C1. The number of aromatic nitrogens is 2. The van der Waals surface area contributed by atoms with Gasteiger partial charge in [-0.1, -0.05) is 19.0 Å². The highest BCUT2D eigenvalue weighted by Crippen LogP contribution is 2.23. The van der Waals surface area contributed by atoms with Crippen molar-refractivity contribution < 1.29 is 9.26 Å². The van der Waals surface area contributed by atoms with E-state index < -0.39 is 0 Å². The van der Waals surface area contributed by atoms with E-state index in [9.17, 15) is 0 Å². The Bertz CT molecular complexity index is 380. The van der Waals surface area contributed by atoms with Crippen molar-refractivity contribution in [3.8, 4) is 0 Å². The van der Waals surface area contributed by atoms with Gasteiger partial charge in [0.05, 0.1) is 6.61 Å². The van der Waals surface area contributed by atoms with Crippen molar-refractivity contribution in [1.29, 1.82) is 0 Å². The van der Waals surface area contributed by atoms with E-state index in [0.29, 0.717) is 18.3 Å². The summed E-state index contributed by atoms with van der Waals surface area (Å²) in [4.78, 5) is 6.84. The topological polar surface area (TPSA) is 77.4 Å². The van der Waals surface area contributed by atoms with Gasteiger partial charge >= 0.3 is 0 Å². The summed E-state index contributed by atoms with van der Waals surface area (Å²) in [7, 11) is 0. The molecular weight excluding hydrogens is 244 g/mol. The van der Waals surface area contributed by atoms with Gasteiger partial charge < -0.3 is 15.0 Å². The molecule has 2 unspecified atom stereocenters. The van der Waals surface area contributed by atoms with Crippen LogP contribution in [0.3, 0.4) is 0 Å². The average molecular weight is 268 g/mol. The van der Waals surface area contributed by atoms with Crippen molar-refractivity contribution in [2.24, 2.45) is 5.73 Å². The maximum absolute atomic E-state index is 5.74. The average Bonchev–Trinajstić information content (AvgIpc) is 2.89. The summed E-state index contributed by atoms with van der Waals surface area (Å²) in [5.74, 6) is 1.54. The molecular formula is C13H24N4O2. The fraction of sp³-hybridized carbons (Fsp3) is 0.846. The van der Waals surface area contributed by atoms with Gasteiger partial charge in [-0.05, 0) is 25.9 Å². The van der Waals surface area contributed by atoms with Gasteiger partial charge in [0.2, 0.25) is 11.7 Å². The van der Waals surface area contributed by atoms with Crippen LogP contribution in [0.4, 0.5) is 0 Å². The standard InChI is InChI=1S/C13H24N4O2/c1-3-6-17-7-8-18-11(9-17)12-15-13(19-16-12)10(2)4-5-14/h10-11H,3-9,14H2,1-2H3. The molecule has 108 valence electrons. The monoisotopic (exact) mass is 268 g/mol. The zero-order valence-corrected chi connectivity index (χ0v) is 11.8. The van der Waals surface area contributed by atoms with Gasteiger partial charge in [0.15, 0.2) is 0 Å². The Kier molecular flexibility index (Phi) is 5.30. The first-order chi connectivity index (χ1) is 9.24. The number of hydrogen-bond acceptors (Lipinski definition) is 6. The molecule has 0 bridgehead atoms. The Balaban J connectivity index is 1.97. The van der Waals surface area contributed by atoms with Gasteiger partial charge in [-0.25, -0.2) is 0 Å². The lowest BCUT2D eigenvalue weighted by molar-refractivity contribution is -0.0350. The molecule has 6 nitrogen and oxygen atoms in total. The molecule has 0 saturated carbocycles. The first-order valence-electron chi connectivity index (χ1n) is 7.12. The third-order valence-corrected chi connectivity index (χ3v) is 3.46. The first-order valence-corrected chi connectivity index (χ1v) is 7.12. The van der Waals surface area contributed by atoms with Crippen molar-refractivity contribution >= 4 is 0 Å². The van der Waals surface area contributed by atoms with Gasteiger partial charge in [-0.15, -0.1) is 0 Å². The maximum atomic E-state index is 5.74. The second kappa shape index (κ2) is 6.98. The Morgan fingerprint density at radius 2 is 2.37 bits per heavy atom. The maximum Gasteiger partial charge on any atom is 0.229 e. The van der Waals surface area contributed by atoms with Crippen molar-refractivity contribution in [2.75, 3.05) is 32.8 Å². The van der Waals surface area contributed by atoms with E-state index in [2.05, 4.69) is 28.9 Å². The molecule has 1 fully saturated rings. The van der Waals surface area contributed by atoms with E-state index in [0.717, 1.165) is 39.1 Å². The Hall–Kier alpha value is -0.980. The second-order valence-corrected chi connectivity index (χ2v) is 5.13. The number of nitrogens with zero attached hydrogens (tertiary/aromatic N) is 3. The van der Waals surface area contributed by atoms with Crippen LogP contribution in [-0.4, -0.2) is 47.8 Å². The van der Waals surface area contributed by atoms with Gasteiger partial charge in [-0.2, -0.15) is 4.98 Å². The van der Waals surface area contributed by atoms with Gasteiger partial charge in [0, 0.05) is 19.0 Å². The highest BCUT2D eigenvalue weighted by Gasteiger charge is 2.26. The summed E-state index contributed by atoms with van der Waals surface area (Å²) in [6, 6.07) is 0. The summed E-state index contributed by atoms with van der Waals surface area (Å²) < 4.78 is 11.1. The minimum Gasteiger partial charge on any atom is -0.367 e. The van der Waals surface area contributed by atoms with Crippen molar-refractivity contribution in [1.82, 2.24) is 15.0 Å². The van der Waals surface area contributed by atoms with Crippen LogP contribution < -0.4 is 5.73 Å². The molecule has 1 saturated heterocycles. The van der Waals surface area contributed by atoms with Crippen molar-refractivity contribution in [3.63, 3.8) is 0 Å². The quantitative estimate of drug-likeness (QED) is 0.838. The molecule has 0 aromatic carbocycles. The van der Waals surface area contributed by atoms with Gasteiger partial charge in [-0.3, -0.25) is 4.90 Å². The lowest BCUT2D eigenvalue weighted by Gasteiger charge is -2.30. The highest BCUT2D eigenvalue weighted by atomic mass is 16.5. The predicted octanol–water partition coefficient (Wildman–Crippen LogP) is 1.31. The van der Waals surface area contributed by atoms with Crippen LogP contribution >= 0.6 is 0 Å². The third kappa shape index (κ3) is 3.75. The number of morpholine rings is 1. The summed E-state index contributed by atoms with van der Waals surface area (Å²) in [5.41, 5.74) is 5.55. The minimum atomic E-state index is -0.0668. The van der Waals surface area contributed by atoms with Crippen LogP contribution in [0.15, 0.2) is 4.52 Å². The lowest BCUT2D eigenvalue weighted by atomic mass is 10.1. The highest BCUT2D eigenvalue weighted by molar-refractivity contribution is 4.97. The van der Waals surface area contributed by atoms with E-state index in [1.165, 1.54) is 0 Å². The van der Waals surface area contributed by atoms with Gasteiger partial charge in [0.25, 0.3) is 0 Å². The largest absolute Gasteiger partial charge is 0.367 e. The van der Waals surface area contributed by atoms with Crippen LogP contribution in [0.25, 0.3) is 0 Å². The summed E-state index contributed by atoms with van der Waals surface area (Å²) in [6.45, 7) is 8.52. The summed E-state index contributed by atoms with van der Waals surface area (Å²) in [6.07, 6.45) is 1.94. The molecule has 1 aliphatic heterocycles. The Morgan fingerprint density at radius 3 is 3.11 bits per heavy atom. The molecule has 0 aliphatic carbocycles. The number of hydrogen-bond donors (Lipinski definition) is 1. The van der Waals surface area contributed by atoms with Crippen LogP contribution in [0.1, 0.15) is 50.4 Å². The van der Waals surface area contributed by atoms with E-state index in [1.54, 1.807) is 0 Å². The smallest absolute Gasteiger partial charge is 0.229 e. The molecule has 1 aliphatic rings. The molecule has 1 aromatic heterocycles.